The Morgan fingerprint density at radius 2 is 2.00 bits per heavy atom. The van der Waals surface area contributed by atoms with Gasteiger partial charge in [-0.1, -0.05) is 0 Å². The minimum Gasteiger partial charge on any atom is -0.306 e. The highest BCUT2D eigenvalue weighted by Gasteiger charge is 2.05. The van der Waals surface area contributed by atoms with E-state index in [1.165, 1.54) is 11.3 Å². The Balaban J connectivity index is 2.30. The van der Waals surface area contributed by atoms with Gasteiger partial charge in [-0.15, -0.1) is 11.3 Å². The van der Waals surface area contributed by atoms with E-state index in [2.05, 4.69) is 15.0 Å². The molecule has 3 aromatic rings. The molecule has 78 valence electrons. The first kappa shape index (κ1) is 9.23. The summed E-state index contributed by atoms with van der Waals surface area (Å²) in [5, 5.41) is 4.31. The van der Waals surface area contributed by atoms with Crippen molar-refractivity contribution in [2.45, 2.75) is 0 Å². The standard InChI is InChI=1S/C11H7N3OS/c15-11-8-5-16-6-9(8)13-10(14-11)7-1-3-12-4-2-7/h1-6H,(H,13,14,15). The van der Waals surface area contributed by atoms with Gasteiger partial charge in [0.1, 0.15) is 5.82 Å². The molecule has 0 saturated carbocycles. The summed E-state index contributed by atoms with van der Waals surface area (Å²) in [4.78, 5) is 22.8. The number of hydrogen-bond acceptors (Lipinski definition) is 4. The molecule has 0 saturated heterocycles. The molecule has 0 bridgehead atoms. The van der Waals surface area contributed by atoms with Crippen LogP contribution >= 0.6 is 11.3 Å². The number of thiophene rings is 1. The minimum absolute atomic E-state index is 0.0990. The van der Waals surface area contributed by atoms with E-state index in [4.69, 9.17) is 0 Å². The molecule has 1 N–H and O–H groups in total. The lowest BCUT2D eigenvalue weighted by Gasteiger charge is -1.99. The Morgan fingerprint density at radius 3 is 2.81 bits per heavy atom. The van der Waals surface area contributed by atoms with Gasteiger partial charge >= 0.3 is 0 Å². The predicted molar refractivity (Wildman–Crippen MR) is 63.5 cm³/mol. The van der Waals surface area contributed by atoms with Gasteiger partial charge in [0.2, 0.25) is 0 Å². The van der Waals surface area contributed by atoms with Crippen LogP contribution in [-0.4, -0.2) is 15.0 Å². The number of aromatic amines is 1. The zero-order chi connectivity index (χ0) is 11.0. The second-order valence-corrected chi connectivity index (χ2v) is 4.06. The number of aromatic nitrogens is 3. The Labute approximate surface area is 94.6 Å². The highest BCUT2D eigenvalue weighted by Crippen LogP contribution is 2.17. The van der Waals surface area contributed by atoms with E-state index in [0.29, 0.717) is 11.2 Å². The molecule has 0 unspecified atom stereocenters. The van der Waals surface area contributed by atoms with Crippen LogP contribution in [0.15, 0.2) is 40.1 Å². The first-order chi connectivity index (χ1) is 7.84. The zero-order valence-corrected chi connectivity index (χ0v) is 8.99. The lowest BCUT2D eigenvalue weighted by atomic mass is 10.2. The van der Waals surface area contributed by atoms with Crippen molar-refractivity contribution in [3.05, 3.63) is 45.6 Å². The topological polar surface area (TPSA) is 58.6 Å². The molecule has 4 nitrogen and oxygen atoms in total. The summed E-state index contributed by atoms with van der Waals surface area (Å²) < 4.78 is 0. The summed E-state index contributed by atoms with van der Waals surface area (Å²) in [6.07, 6.45) is 3.35. The fraction of sp³-hybridized carbons (Fsp3) is 0. The van der Waals surface area contributed by atoms with Gasteiger partial charge in [0, 0.05) is 28.7 Å². The van der Waals surface area contributed by atoms with Gasteiger partial charge < -0.3 is 4.98 Å². The average Bonchev–Trinajstić information content (AvgIpc) is 2.79. The first-order valence-electron chi connectivity index (χ1n) is 4.71. The SMILES string of the molecule is O=c1[nH]c(-c2ccncc2)nc2cscc12. The quantitative estimate of drug-likeness (QED) is 0.694. The van der Waals surface area contributed by atoms with Gasteiger partial charge in [-0.25, -0.2) is 4.98 Å². The first-order valence-corrected chi connectivity index (χ1v) is 5.65. The normalized spacial score (nSPS) is 10.8. The summed E-state index contributed by atoms with van der Waals surface area (Å²) in [5.41, 5.74) is 1.50. The number of H-pyrrole nitrogens is 1. The molecule has 3 aromatic heterocycles. The van der Waals surface area contributed by atoms with Crippen LogP contribution in [0.25, 0.3) is 22.3 Å². The Morgan fingerprint density at radius 1 is 1.19 bits per heavy atom. The van der Waals surface area contributed by atoms with E-state index in [1.807, 2.05) is 17.5 Å². The number of rotatable bonds is 1. The van der Waals surface area contributed by atoms with Crippen molar-refractivity contribution in [1.29, 1.82) is 0 Å². The number of nitrogens with one attached hydrogen (secondary N) is 1. The van der Waals surface area contributed by atoms with Gasteiger partial charge in [0.25, 0.3) is 5.56 Å². The number of pyridine rings is 1. The van der Waals surface area contributed by atoms with Crippen molar-refractivity contribution in [3.8, 4) is 11.4 Å². The van der Waals surface area contributed by atoms with Gasteiger partial charge in [0.15, 0.2) is 0 Å². The average molecular weight is 229 g/mol. The monoisotopic (exact) mass is 229 g/mol. The zero-order valence-electron chi connectivity index (χ0n) is 8.18. The molecule has 3 heterocycles. The maximum atomic E-state index is 11.7. The van der Waals surface area contributed by atoms with Crippen LogP contribution in [0.3, 0.4) is 0 Å². The third-order valence-corrected chi connectivity index (χ3v) is 3.04. The van der Waals surface area contributed by atoms with Gasteiger partial charge in [-0.3, -0.25) is 9.78 Å². The van der Waals surface area contributed by atoms with Crippen molar-refractivity contribution in [3.63, 3.8) is 0 Å². The lowest BCUT2D eigenvalue weighted by molar-refractivity contribution is 1.18. The molecule has 3 rings (SSSR count). The van der Waals surface area contributed by atoms with Crippen LogP contribution in [0.5, 0.6) is 0 Å². The highest BCUT2D eigenvalue weighted by atomic mass is 32.1. The molecule has 0 aliphatic carbocycles. The molecule has 0 aliphatic heterocycles. The molecule has 0 atom stereocenters. The summed E-state index contributed by atoms with van der Waals surface area (Å²) in [6.45, 7) is 0. The summed E-state index contributed by atoms with van der Waals surface area (Å²) in [7, 11) is 0. The van der Waals surface area contributed by atoms with E-state index >= 15 is 0 Å². The fourth-order valence-electron chi connectivity index (χ4n) is 1.52. The molecule has 0 fully saturated rings. The van der Waals surface area contributed by atoms with E-state index in [-0.39, 0.29) is 5.56 Å². The molecule has 16 heavy (non-hydrogen) atoms. The van der Waals surface area contributed by atoms with E-state index in [0.717, 1.165) is 11.1 Å². The summed E-state index contributed by atoms with van der Waals surface area (Å²) in [5.74, 6) is 0.582. The third kappa shape index (κ3) is 1.42. The fourth-order valence-corrected chi connectivity index (χ4v) is 2.26. The number of nitrogens with zero attached hydrogens (tertiary/aromatic N) is 2. The molecule has 0 radical (unpaired) electrons. The molecule has 0 amide bonds. The second-order valence-electron chi connectivity index (χ2n) is 3.32. The number of hydrogen-bond donors (Lipinski definition) is 1. The Kier molecular flexibility index (Phi) is 2.04. The van der Waals surface area contributed by atoms with Crippen LogP contribution in [-0.2, 0) is 0 Å². The predicted octanol–water partition coefficient (Wildman–Crippen LogP) is 2.05. The van der Waals surface area contributed by atoms with Gasteiger partial charge in [0.05, 0.1) is 10.9 Å². The van der Waals surface area contributed by atoms with Crippen molar-refractivity contribution in [2.24, 2.45) is 0 Å². The van der Waals surface area contributed by atoms with E-state index in [9.17, 15) is 4.79 Å². The maximum absolute atomic E-state index is 11.7. The largest absolute Gasteiger partial charge is 0.306 e. The van der Waals surface area contributed by atoms with E-state index < -0.39 is 0 Å². The summed E-state index contributed by atoms with van der Waals surface area (Å²) in [6, 6.07) is 3.63. The molecular weight excluding hydrogens is 222 g/mol. The molecule has 5 heteroatoms. The van der Waals surface area contributed by atoms with Gasteiger partial charge in [-0.05, 0) is 12.1 Å². The molecule has 0 aromatic carbocycles. The van der Waals surface area contributed by atoms with Crippen molar-refractivity contribution in [1.82, 2.24) is 15.0 Å². The Hall–Kier alpha value is -2.01. The van der Waals surface area contributed by atoms with Crippen molar-refractivity contribution < 1.29 is 0 Å². The second kappa shape index (κ2) is 3.53. The van der Waals surface area contributed by atoms with Crippen molar-refractivity contribution >= 4 is 22.2 Å². The Bertz CT molecular complexity index is 687. The van der Waals surface area contributed by atoms with E-state index in [1.54, 1.807) is 17.8 Å². The molecule has 0 spiro atoms. The van der Waals surface area contributed by atoms with Crippen LogP contribution in [0, 0.1) is 0 Å². The van der Waals surface area contributed by atoms with Gasteiger partial charge in [-0.2, -0.15) is 0 Å². The third-order valence-electron chi connectivity index (χ3n) is 2.30. The molecular formula is C11H7N3OS. The van der Waals surface area contributed by atoms with Crippen molar-refractivity contribution in [2.75, 3.05) is 0 Å². The van der Waals surface area contributed by atoms with Crippen LogP contribution in [0.2, 0.25) is 0 Å². The lowest BCUT2D eigenvalue weighted by Crippen LogP contribution is -2.08. The summed E-state index contributed by atoms with van der Waals surface area (Å²) >= 11 is 1.48. The minimum atomic E-state index is -0.0990. The van der Waals surface area contributed by atoms with Crippen LogP contribution in [0.1, 0.15) is 0 Å². The highest BCUT2D eigenvalue weighted by molar-refractivity contribution is 7.09. The van der Waals surface area contributed by atoms with Crippen LogP contribution < -0.4 is 5.56 Å². The molecule has 0 aliphatic rings. The number of fused-ring (bicyclic) bond motifs is 1. The maximum Gasteiger partial charge on any atom is 0.259 e. The smallest absolute Gasteiger partial charge is 0.259 e. The van der Waals surface area contributed by atoms with Crippen LogP contribution in [0.4, 0.5) is 0 Å².